The number of rotatable bonds is 4. The molecule has 0 aliphatic carbocycles. The molecule has 0 fully saturated rings. The molecule has 0 saturated heterocycles. The summed E-state index contributed by atoms with van der Waals surface area (Å²) in [5.74, 6) is -0.221. The Morgan fingerprint density at radius 2 is 1.86 bits per heavy atom. The van der Waals surface area contributed by atoms with E-state index in [0.29, 0.717) is 11.7 Å². The zero-order chi connectivity index (χ0) is 19.7. The lowest BCUT2D eigenvalue weighted by Crippen LogP contribution is -2.38. The third-order valence-electron chi connectivity index (χ3n) is 4.81. The Hall–Kier alpha value is -3.41. The standard InChI is InChI=1S/C22H20N2O4/c1-14-12-17-10-6-7-11-18(17)24(14)19(25)13-27-22(26)20-15(2)28-21(23-20)16-8-4-3-5-9-16/h3-11,14H,12-13H2,1-2H3/t14-/m1/s1. The van der Waals surface area contributed by atoms with Gasteiger partial charge in [-0.25, -0.2) is 9.78 Å². The van der Waals surface area contributed by atoms with Gasteiger partial charge < -0.3 is 14.1 Å². The Kier molecular flexibility index (Phi) is 4.69. The summed E-state index contributed by atoms with van der Waals surface area (Å²) in [6.45, 7) is 3.29. The summed E-state index contributed by atoms with van der Waals surface area (Å²) in [5.41, 5.74) is 2.85. The van der Waals surface area contributed by atoms with Crippen molar-refractivity contribution in [1.82, 2.24) is 4.98 Å². The van der Waals surface area contributed by atoms with Crippen LogP contribution in [0.15, 0.2) is 59.0 Å². The molecule has 1 atom stereocenters. The van der Waals surface area contributed by atoms with Gasteiger partial charge in [0, 0.05) is 17.3 Å². The van der Waals surface area contributed by atoms with Crippen LogP contribution >= 0.6 is 0 Å². The zero-order valence-corrected chi connectivity index (χ0v) is 15.7. The van der Waals surface area contributed by atoms with E-state index >= 15 is 0 Å². The van der Waals surface area contributed by atoms with Gasteiger partial charge in [-0.1, -0.05) is 36.4 Å². The second-order valence-corrected chi connectivity index (χ2v) is 6.81. The Labute approximate surface area is 162 Å². The van der Waals surface area contributed by atoms with Crippen molar-refractivity contribution < 1.29 is 18.7 Å². The molecule has 6 heteroatoms. The van der Waals surface area contributed by atoms with Crippen molar-refractivity contribution in [1.29, 1.82) is 0 Å². The predicted molar refractivity (Wildman–Crippen MR) is 104 cm³/mol. The Bertz CT molecular complexity index is 1030. The first-order valence-electron chi connectivity index (χ1n) is 9.14. The molecule has 1 amide bonds. The number of fused-ring (bicyclic) bond motifs is 1. The average molecular weight is 376 g/mol. The molecule has 4 rings (SSSR count). The number of para-hydroxylation sites is 1. The number of carbonyl (C=O) groups is 2. The summed E-state index contributed by atoms with van der Waals surface area (Å²) in [6, 6.07) is 17.1. The molecule has 0 spiro atoms. The van der Waals surface area contributed by atoms with Crippen molar-refractivity contribution in [3.63, 3.8) is 0 Å². The normalized spacial score (nSPS) is 15.4. The monoisotopic (exact) mass is 376 g/mol. The second kappa shape index (κ2) is 7.31. The first-order chi connectivity index (χ1) is 13.5. The predicted octanol–water partition coefficient (Wildman–Crippen LogP) is 3.78. The summed E-state index contributed by atoms with van der Waals surface area (Å²) in [7, 11) is 0. The van der Waals surface area contributed by atoms with Gasteiger partial charge in [-0.05, 0) is 44.0 Å². The Balaban J connectivity index is 1.45. The molecule has 0 N–H and O–H groups in total. The number of hydrogen-bond acceptors (Lipinski definition) is 5. The largest absolute Gasteiger partial charge is 0.451 e. The summed E-state index contributed by atoms with van der Waals surface area (Å²) >= 11 is 0. The van der Waals surface area contributed by atoms with Crippen LogP contribution in [-0.4, -0.2) is 29.5 Å². The number of hydrogen-bond donors (Lipinski definition) is 0. The molecule has 142 valence electrons. The first kappa shape index (κ1) is 18.0. The quantitative estimate of drug-likeness (QED) is 0.648. The van der Waals surface area contributed by atoms with Crippen LogP contribution in [-0.2, 0) is 16.0 Å². The van der Waals surface area contributed by atoms with Crippen molar-refractivity contribution in [2.45, 2.75) is 26.3 Å². The van der Waals surface area contributed by atoms with Gasteiger partial charge in [-0.2, -0.15) is 0 Å². The third kappa shape index (κ3) is 3.29. The van der Waals surface area contributed by atoms with Crippen LogP contribution in [0.5, 0.6) is 0 Å². The van der Waals surface area contributed by atoms with Gasteiger partial charge in [0.1, 0.15) is 5.76 Å². The van der Waals surface area contributed by atoms with E-state index in [1.54, 1.807) is 11.8 Å². The van der Waals surface area contributed by atoms with Crippen LogP contribution in [0.1, 0.15) is 28.7 Å². The molecular formula is C22H20N2O4. The number of ether oxygens (including phenoxy) is 1. The summed E-state index contributed by atoms with van der Waals surface area (Å²) in [5, 5.41) is 0. The van der Waals surface area contributed by atoms with Crippen molar-refractivity contribution in [3.05, 3.63) is 71.6 Å². The molecule has 3 aromatic rings. The van der Waals surface area contributed by atoms with E-state index in [-0.39, 0.29) is 24.2 Å². The zero-order valence-electron chi connectivity index (χ0n) is 15.7. The van der Waals surface area contributed by atoms with Gasteiger partial charge in [0.05, 0.1) is 0 Å². The van der Waals surface area contributed by atoms with E-state index < -0.39 is 5.97 Å². The fourth-order valence-corrected chi connectivity index (χ4v) is 3.50. The van der Waals surface area contributed by atoms with Crippen molar-refractivity contribution in [2.24, 2.45) is 0 Å². The van der Waals surface area contributed by atoms with Crippen LogP contribution in [0, 0.1) is 6.92 Å². The fourth-order valence-electron chi connectivity index (χ4n) is 3.50. The highest BCUT2D eigenvalue weighted by molar-refractivity contribution is 5.99. The number of anilines is 1. The Morgan fingerprint density at radius 3 is 2.64 bits per heavy atom. The number of amides is 1. The average Bonchev–Trinajstić information content (AvgIpc) is 3.26. The molecule has 28 heavy (non-hydrogen) atoms. The SMILES string of the molecule is Cc1oc(-c2ccccc2)nc1C(=O)OCC(=O)N1c2ccccc2C[C@H]1C. The minimum Gasteiger partial charge on any atom is -0.451 e. The molecule has 1 aromatic heterocycles. The van der Waals surface area contributed by atoms with Crippen molar-refractivity contribution >= 4 is 17.6 Å². The molecule has 0 radical (unpaired) electrons. The maximum atomic E-state index is 12.7. The van der Waals surface area contributed by atoms with E-state index in [1.165, 1.54) is 0 Å². The molecule has 2 aromatic carbocycles. The lowest BCUT2D eigenvalue weighted by Gasteiger charge is -2.22. The second-order valence-electron chi connectivity index (χ2n) is 6.81. The summed E-state index contributed by atoms with van der Waals surface area (Å²) in [6.07, 6.45) is 0.790. The molecule has 6 nitrogen and oxygen atoms in total. The molecule has 0 bridgehead atoms. The van der Waals surface area contributed by atoms with Crippen LogP contribution in [0.2, 0.25) is 0 Å². The van der Waals surface area contributed by atoms with Gasteiger partial charge in [0.2, 0.25) is 5.89 Å². The minimum atomic E-state index is -0.670. The Morgan fingerprint density at radius 1 is 1.14 bits per heavy atom. The van der Waals surface area contributed by atoms with Gasteiger partial charge in [-0.3, -0.25) is 4.79 Å². The molecular weight excluding hydrogens is 356 g/mol. The highest BCUT2D eigenvalue weighted by atomic mass is 16.5. The van der Waals surface area contributed by atoms with Crippen LogP contribution in [0.25, 0.3) is 11.5 Å². The molecule has 2 heterocycles. The van der Waals surface area contributed by atoms with Gasteiger partial charge in [0.25, 0.3) is 5.91 Å². The number of carbonyl (C=O) groups excluding carboxylic acids is 2. The fraction of sp³-hybridized carbons (Fsp3) is 0.227. The van der Waals surface area contributed by atoms with E-state index in [1.807, 2.05) is 61.5 Å². The molecule has 0 saturated carbocycles. The van der Waals surface area contributed by atoms with E-state index in [9.17, 15) is 9.59 Å². The summed E-state index contributed by atoms with van der Waals surface area (Å²) < 4.78 is 10.8. The lowest BCUT2D eigenvalue weighted by atomic mass is 10.1. The third-order valence-corrected chi connectivity index (χ3v) is 4.81. The van der Waals surface area contributed by atoms with Crippen molar-refractivity contribution in [2.75, 3.05) is 11.5 Å². The van der Waals surface area contributed by atoms with Crippen LogP contribution in [0.4, 0.5) is 5.69 Å². The maximum absolute atomic E-state index is 12.7. The number of aromatic nitrogens is 1. The maximum Gasteiger partial charge on any atom is 0.361 e. The van der Waals surface area contributed by atoms with E-state index in [0.717, 1.165) is 23.2 Å². The van der Waals surface area contributed by atoms with E-state index in [2.05, 4.69) is 4.98 Å². The van der Waals surface area contributed by atoms with Crippen LogP contribution < -0.4 is 4.90 Å². The van der Waals surface area contributed by atoms with E-state index in [4.69, 9.17) is 9.15 Å². The molecule has 1 aliphatic rings. The van der Waals surface area contributed by atoms with Crippen LogP contribution in [0.3, 0.4) is 0 Å². The number of oxazole rings is 1. The number of esters is 1. The molecule has 1 aliphatic heterocycles. The number of aryl methyl sites for hydroxylation is 1. The molecule has 0 unspecified atom stereocenters. The summed E-state index contributed by atoms with van der Waals surface area (Å²) in [4.78, 5) is 31.0. The first-order valence-corrected chi connectivity index (χ1v) is 9.14. The van der Waals surface area contributed by atoms with Gasteiger partial charge in [-0.15, -0.1) is 0 Å². The minimum absolute atomic E-state index is 0.0297. The topological polar surface area (TPSA) is 72.6 Å². The van der Waals surface area contributed by atoms with Crippen molar-refractivity contribution in [3.8, 4) is 11.5 Å². The van der Waals surface area contributed by atoms with Gasteiger partial charge in [0.15, 0.2) is 12.3 Å². The smallest absolute Gasteiger partial charge is 0.361 e. The highest BCUT2D eigenvalue weighted by Crippen LogP contribution is 2.31. The lowest BCUT2D eigenvalue weighted by molar-refractivity contribution is -0.122. The number of benzene rings is 2. The highest BCUT2D eigenvalue weighted by Gasteiger charge is 2.31. The van der Waals surface area contributed by atoms with Gasteiger partial charge >= 0.3 is 5.97 Å². The number of nitrogens with zero attached hydrogens (tertiary/aromatic N) is 2.